The number of hydrogen-bond donors (Lipinski definition) is 2. The standard InChI is InChI=1S/C11H9F3N2O3S/c12-8-3-6(4-9(13)11(8)14)16-20(17,18)10-2-1-7(5-15)19-10/h1-4,16H,5,15H2. The normalized spacial score (nSPS) is 11.6. The molecule has 0 saturated heterocycles. The molecule has 0 unspecified atom stereocenters. The highest BCUT2D eigenvalue weighted by Gasteiger charge is 2.20. The van der Waals surface area contributed by atoms with E-state index in [-0.39, 0.29) is 12.3 Å². The maximum atomic E-state index is 13.0. The lowest BCUT2D eigenvalue weighted by atomic mass is 10.3. The van der Waals surface area contributed by atoms with E-state index in [1.807, 2.05) is 4.72 Å². The predicted molar refractivity (Wildman–Crippen MR) is 63.7 cm³/mol. The molecule has 2 aromatic rings. The Bertz CT molecular complexity index is 720. The van der Waals surface area contributed by atoms with Crippen molar-refractivity contribution in [1.82, 2.24) is 0 Å². The molecule has 0 atom stereocenters. The number of hydrogen-bond acceptors (Lipinski definition) is 4. The highest BCUT2D eigenvalue weighted by atomic mass is 32.2. The highest BCUT2D eigenvalue weighted by molar-refractivity contribution is 7.92. The number of anilines is 1. The van der Waals surface area contributed by atoms with Crippen molar-refractivity contribution in [2.45, 2.75) is 11.6 Å². The molecule has 0 fully saturated rings. The fourth-order valence-corrected chi connectivity index (χ4v) is 2.42. The molecule has 3 N–H and O–H groups in total. The van der Waals surface area contributed by atoms with E-state index in [4.69, 9.17) is 10.2 Å². The van der Waals surface area contributed by atoms with E-state index < -0.39 is 38.3 Å². The zero-order valence-corrected chi connectivity index (χ0v) is 10.7. The Morgan fingerprint density at radius 2 is 1.75 bits per heavy atom. The molecule has 9 heteroatoms. The van der Waals surface area contributed by atoms with E-state index >= 15 is 0 Å². The molecule has 1 aromatic carbocycles. The Hall–Kier alpha value is -2.00. The van der Waals surface area contributed by atoms with Gasteiger partial charge in [-0.15, -0.1) is 0 Å². The van der Waals surface area contributed by atoms with Crippen LogP contribution in [0, 0.1) is 17.5 Å². The van der Waals surface area contributed by atoms with Crippen molar-refractivity contribution in [2.24, 2.45) is 5.73 Å². The van der Waals surface area contributed by atoms with Crippen molar-refractivity contribution in [2.75, 3.05) is 4.72 Å². The molecule has 0 amide bonds. The first-order valence-corrected chi connectivity index (χ1v) is 6.78. The third-order valence-electron chi connectivity index (χ3n) is 2.34. The van der Waals surface area contributed by atoms with Crippen LogP contribution in [0.3, 0.4) is 0 Å². The number of benzene rings is 1. The number of sulfonamides is 1. The van der Waals surface area contributed by atoms with Gasteiger partial charge in [0.2, 0.25) is 5.09 Å². The summed E-state index contributed by atoms with van der Waals surface area (Å²) in [5.74, 6) is -4.48. The largest absolute Gasteiger partial charge is 0.446 e. The summed E-state index contributed by atoms with van der Waals surface area (Å²) in [6, 6.07) is 3.52. The van der Waals surface area contributed by atoms with Gasteiger partial charge in [0.1, 0.15) is 5.76 Å². The second-order valence-electron chi connectivity index (χ2n) is 3.78. The predicted octanol–water partition coefficient (Wildman–Crippen LogP) is 1.96. The van der Waals surface area contributed by atoms with E-state index in [1.54, 1.807) is 0 Å². The molecular weight excluding hydrogens is 297 g/mol. The van der Waals surface area contributed by atoms with Crippen LogP contribution >= 0.6 is 0 Å². The first-order chi connectivity index (χ1) is 9.33. The van der Waals surface area contributed by atoms with Crippen LogP contribution in [0.2, 0.25) is 0 Å². The minimum Gasteiger partial charge on any atom is -0.446 e. The summed E-state index contributed by atoms with van der Waals surface area (Å²) in [4.78, 5) is 0. The van der Waals surface area contributed by atoms with Crippen molar-refractivity contribution in [3.05, 3.63) is 47.5 Å². The van der Waals surface area contributed by atoms with Gasteiger partial charge in [-0.25, -0.2) is 13.2 Å². The van der Waals surface area contributed by atoms with Gasteiger partial charge in [-0.1, -0.05) is 0 Å². The van der Waals surface area contributed by atoms with Crippen LogP contribution in [0.5, 0.6) is 0 Å². The Morgan fingerprint density at radius 3 is 2.25 bits per heavy atom. The van der Waals surface area contributed by atoms with Gasteiger partial charge < -0.3 is 10.2 Å². The average Bonchev–Trinajstić information content (AvgIpc) is 2.85. The number of rotatable bonds is 4. The molecule has 20 heavy (non-hydrogen) atoms. The first kappa shape index (κ1) is 14.4. The van der Waals surface area contributed by atoms with Gasteiger partial charge in [-0.05, 0) is 12.1 Å². The molecule has 0 aliphatic carbocycles. The van der Waals surface area contributed by atoms with Crippen LogP contribution in [0.25, 0.3) is 0 Å². The van der Waals surface area contributed by atoms with Gasteiger partial charge in [-0.2, -0.15) is 8.42 Å². The second kappa shape index (κ2) is 5.17. The summed E-state index contributed by atoms with van der Waals surface area (Å²) < 4.78 is 69.2. The van der Waals surface area contributed by atoms with Crippen LogP contribution in [0.1, 0.15) is 5.76 Å². The van der Waals surface area contributed by atoms with Gasteiger partial charge in [0.05, 0.1) is 12.2 Å². The second-order valence-corrected chi connectivity index (χ2v) is 5.40. The molecule has 0 saturated carbocycles. The molecule has 0 aliphatic rings. The monoisotopic (exact) mass is 306 g/mol. The zero-order chi connectivity index (χ0) is 14.9. The maximum Gasteiger partial charge on any atom is 0.295 e. The number of nitrogens with two attached hydrogens (primary N) is 1. The molecule has 108 valence electrons. The smallest absolute Gasteiger partial charge is 0.295 e. The van der Waals surface area contributed by atoms with Crippen LogP contribution in [0.15, 0.2) is 33.8 Å². The zero-order valence-electron chi connectivity index (χ0n) is 9.86. The minimum atomic E-state index is -4.18. The summed E-state index contributed by atoms with van der Waals surface area (Å²) in [6.07, 6.45) is 0. The average molecular weight is 306 g/mol. The summed E-state index contributed by atoms with van der Waals surface area (Å²) in [7, 11) is -4.18. The number of halogens is 3. The maximum absolute atomic E-state index is 13.0. The van der Waals surface area contributed by atoms with Crippen LogP contribution in [-0.4, -0.2) is 8.42 Å². The van der Waals surface area contributed by atoms with Crippen molar-refractivity contribution in [3.8, 4) is 0 Å². The Kier molecular flexibility index (Phi) is 3.73. The SMILES string of the molecule is NCc1ccc(S(=O)(=O)Nc2cc(F)c(F)c(F)c2)o1. The van der Waals surface area contributed by atoms with Crippen molar-refractivity contribution < 1.29 is 26.0 Å². The lowest BCUT2D eigenvalue weighted by Crippen LogP contribution is -2.13. The van der Waals surface area contributed by atoms with Gasteiger partial charge in [0, 0.05) is 12.1 Å². The lowest BCUT2D eigenvalue weighted by Gasteiger charge is -2.06. The van der Waals surface area contributed by atoms with Gasteiger partial charge in [0.25, 0.3) is 10.0 Å². The quantitative estimate of drug-likeness (QED) is 0.846. The summed E-state index contributed by atoms with van der Waals surface area (Å²) in [5.41, 5.74) is 4.80. The molecule has 1 aromatic heterocycles. The molecule has 2 rings (SSSR count). The van der Waals surface area contributed by atoms with Gasteiger partial charge in [0.15, 0.2) is 17.5 Å². The van der Waals surface area contributed by atoms with E-state index in [0.29, 0.717) is 12.1 Å². The fourth-order valence-electron chi connectivity index (χ4n) is 1.43. The Morgan fingerprint density at radius 1 is 1.15 bits per heavy atom. The van der Waals surface area contributed by atoms with Crippen molar-refractivity contribution >= 4 is 15.7 Å². The van der Waals surface area contributed by atoms with E-state index in [0.717, 1.165) is 6.07 Å². The highest BCUT2D eigenvalue weighted by Crippen LogP contribution is 2.21. The third-order valence-corrected chi connectivity index (χ3v) is 3.59. The third kappa shape index (κ3) is 2.78. The number of furan rings is 1. The van der Waals surface area contributed by atoms with Crippen LogP contribution in [-0.2, 0) is 16.6 Å². The van der Waals surface area contributed by atoms with Crippen LogP contribution in [0.4, 0.5) is 18.9 Å². The molecular formula is C11H9F3N2O3S. The molecule has 5 nitrogen and oxygen atoms in total. The van der Waals surface area contributed by atoms with Crippen LogP contribution < -0.4 is 10.5 Å². The van der Waals surface area contributed by atoms with Gasteiger partial charge >= 0.3 is 0 Å². The van der Waals surface area contributed by atoms with E-state index in [9.17, 15) is 21.6 Å². The molecule has 0 spiro atoms. The first-order valence-electron chi connectivity index (χ1n) is 5.29. The Labute approximate surface area is 112 Å². The lowest BCUT2D eigenvalue weighted by molar-refractivity contribution is 0.417. The molecule has 0 bridgehead atoms. The van der Waals surface area contributed by atoms with E-state index in [2.05, 4.69) is 0 Å². The van der Waals surface area contributed by atoms with E-state index in [1.165, 1.54) is 6.07 Å². The topological polar surface area (TPSA) is 85.3 Å². The molecule has 0 aliphatic heterocycles. The minimum absolute atomic E-state index is 0.00464. The molecule has 1 heterocycles. The fraction of sp³-hybridized carbons (Fsp3) is 0.0909. The molecule has 0 radical (unpaired) electrons. The summed E-state index contributed by atoms with van der Waals surface area (Å²) in [5, 5.41) is -0.469. The van der Waals surface area contributed by atoms with Gasteiger partial charge in [-0.3, -0.25) is 4.72 Å². The summed E-state index contributed by atoms with van der Waals surface area (Å²) >= 11 is 0. The Balaban J connectivity index is 2.33. The summed E-state index contributed by atoms with van der Waals surface area (Å²) in [6.45, 7) is -0.00464. The van der Waals surface area contributed by atoms with Crippen molar-refractivity contribution in [3.63, 3.8) is 0 Å². The number of nitrogens with one attached hydrogen (secondary N) is 1. The van der Waals surface area contributed by atoms with Crippen molar-refractivity contribution in [1.29, 1.82) is 0 Å².